The SMILES string of the molecule is Cc1nc(Cl)cc(COCc2ccccc2)n1. The van der Waals surface area contributed by atoms with Crippen LogP contribution in [0.4, 0.5) is 0 Å². The number of aromatic nitrogens is 2. The van der Waals surface area contributed by atoms with Crippen molar-refractivity contribution in [3.8, 4) is 0 Å². The number of benzene rings is 1. The quantitative estimate of drug-likeness (QED) is 0.780. The minimum absolute atomic E-state index is 0.442. The minimum atomic E-state index is 0.442. The zero-order valence-corrected chi connectivity index (χ0v) is 10.3. The van der Waals surface area contributed by atoms with Crippen LogP contribution in [0.1, 0.15) is 17.1 Å². The summed E-state index contributed by atoms with van der Waals surface area (Å²) < 4.78 is 5.57. The Kier molecular flexibility index (Phi) is 4.07. The first-order chi connectivity index (χ1) is 8.24. The number of nitrogens with zero attached hydrogens (tertiary/aromatic N) is 2. The van der Waals surface area contributed by atoms with Crippen molar-refractivity contribution < 1.29 is 4.74 Å². The van der Waals surface area contributed by atoms with Gasteiger partial charge in [-0.25, -0.2) is 9.97 Å². The van der Waals surface area contributed by atoms with E-state index in [9.17, 15) is 0 Å². The second-order valence-electron chi connectivity index (χ2n) is 3.71. The third kappa shape index (κ3) is 3.80. The van der Waals surface area contributed by atoms with Gasteiger partial charge in [-0.1, -0.05) is 41.9 Å². The van der Waals surface area contributed by atoms with E-state index >= 15 is 0 Å². The molecule has 0 N–H and O–H groups in total. The van der Waals surface area contributed by atoms with Crippen molar-refractivity contribution in [3.63, 3.8) is 0 Å². The van der Waals surface area contributed by atoms with Gasteiger partial charge < -0.3 is 4.74 Å². The van der Waals surface area contributed by atoms with Gasteiger partial charge in [0.25, 0.3) is 0 Å². The molecular weight excluding hydrogens is 236 g/mol. The Balaban J connectivity index is 1.90. The average Bonchev–Trinajstić information content (AvgIpc) is 2.29. The number of ether oxygens (including phenoxy) is 1. The number of hydrogen-bond donors (Lipinski definition) is 0. The molecule has 88 valence electrons. The number of hydrogen-bond acceptors (Lipinski definition) is 3. The van der Waals surface area contributed by atoms with E-state index in [1.807, 2.05) is 37.3 Å². The summed E-state index contributed by atoms with van der Waals surface area (Å²) >= 11 is 5.84. The molecule has 0 aliphatic carbocycles. The summed E-state index contributed by atoms with van der Waals surface area (Å²) in [7, 11) is 0. The molecule has 2 aromatic rings. The number of aryl methyl sites for hydroxylation is 1. The highest BCUT2D eigenvalue weighted by atomic mass is 35.5. The molecule has 0 radical (unpaired) electrons. The van der Waals surface area contributed by atoms with E-state index in [1.54, 1.807) is 6.07 Å². The van der Waals surface area contributed by atoms with Crippen molar-refractivity contribution in [1.82, 2.24) is 9.97 Å². The van der Waals surface area contributed by atoms with E-state index in [0.29, 0.717) is 24.2 Å². The van der Waals surface area contributed by atoms with Gasteiger partial charge in [0.1, 0.15) is 11.0 Å². The fraction of sp³-hybridized carbons (Fsp3) is 0.231. The van der Waals surface area contributed by atoms with Gasteiger partial charge in [0.05, 0.1) is 18.9 Å². The van der Waals surface area contributed by atoms with Gasteiger partial charge in [-0.2, -0.15) is 0 Å². The van der Waals surface area contributed by atoms with Crippen LogP contribution in [0.15, 0.2) is 36.4 Å². The molecule has 0 amide bonds. The first-order valence-electron chi connectivity index (χ1n) is 5.36. The van der Waals surface area contributed by atoms with Gasteiger partial charge in [-0.3, -0.25) is 0 Å². The lowest BCUT2D eigenvalue weighted by Crippen LogP contribution is -1.99. The summed E-state index contributed by atoms with van der Waals surface area (Å²) in [5.41, 5.74) is 1.95. The largest absolute Gasteiger partial charge is 0.370 e. The third-order valence-electron chi connectivity index (χ3n) is 2.22. The molecule has 3 nitrogen and oxygen atoms in total. The topological polar surface area (TPSA) is 35.0 Å². The number of rotatable bonds is 4. The maximum atomic E-state index is 5.84. The van der Waals surface area contributed by atoms with Crippen molar-refractivity contribution in [2.24, 2.45) is 0 Å². The second kappa shape index (κ2) is 5.75. The van der Waals surface area contributed by atoms with E-state index in [4.69, 9.17) is 16.3 Å². The van der Waals surface area contributed by atoms with Crippen molar-refractivity contribution in [2.45, 2.75) is 20.1 Å². The predicted octanol–water partition coefficient (Wildman–Crippen LogP) is 3.16. The molecule has 0 aliphatic heterocycles. The molecule has 0 fully saturated rings. The molecule has 1 heterocycles. The molecular formula is C13H13ClN2O. The van der Waals surface area contributed by atoms with Crippen LogP contribution < -0.4 is 0 Å². The molecule has 0 atom stereocenters. The summed E-state index contributed by atoms with van der Waals surface area (Å²) in [6.07, 6.45) is 0. The molecule has 0 bridgehead atoms. The molecule has 0 aliphatic rings. The first-order valence-corrected chi connectivity index (χ1v) is 5.73. The minimum Gasteiger partial charge on any atom is -0.370 e. The Labute approximate surface area is 105 Å². The van der Waals surface area contributed by atoms with Crippen LogP contribution >= 0.6 is 11.6 Å². The summed E-state index contributed by atoms with van der Waals surface area (Å²) in [5.74, 6) is 0.663. The zero-order valence-electron chi connectivity index (χ0n) is 9.56. The van der Waals surface area contributed by atoms with Crippen LogP contribution in [0.25, 0.3) is 0 Å². The smallest absolute Gasteiger partial charge is 0.133 e. The lowest BCUT2D eigenvalue weighted by molar-refractivity contribution is 0.104. The summed E-state index contributed by atoms with van der Waals surface area (Å²) in [6.45, 7) is 2.83. The van der Waals surface area contributed by atoms with Crippen molar-refractivity contribution in [2.75, 3.05) is 0 Å². The lowest BCUT2D eigenvalue weighted by Gasteiger charge is -2.05. The van der Waals surface area contributed by atoms with Gasteiger partial charge in [-0.15, -0.1) is 0 Å². The standard InChI is InChI=1S/C13H13ClN2O/c1-10-15-12(7-13(14)16-10)9-17-8-11-5-3-2-4-6-11/h2-7H,8-9H2,1H3. The van der Waals surface area contributed by atoms with Gasteiger partial charge in [0.2, 0.25) is 0 Å². The fourth-order valence-electron chi connectivity index (χ4n) is 1.51. The zero-order chi connectivity index (χ0) is 12.1. The molecule has 1 aromatic carbocycles. The van der Waals surface area contributed by atoms with Gasteiger partial charge in [-0.05, 0) is 18.6 Å². The average molecular weight is 249 g/mol. The van der Waals surface area contributed by atoms with Crippen LogP contribution in [0, 0.1) is 6.92 Å². The molecule has 1 aromatic heterocycles. The lowest BCUT2D eigenvalue weighted by atomic mass is 10.2. The number of halogens is 1. The Morgan fingerprint density at radius 2 is 1.88 bits per heavy atom. The maximum Gasteiger partial charge on any atom is 0.133 e. The second-order valence-corrected chi connectivity index (χ2v) is 4.09. The van der Waals surface area contributed by atoms with Gasteiger partial charge in [0.15, 0.2) is 0 Å². The van der Waals surface area contributed by atoms with Crippen molar-refractivity contribution >= 4 is 11.6 Å². The molecule has 0 unspecified atom stereocenters. The van der Waals surface area contributed by atoms with Crippen LogP contribution in [0.2, 0.25) is 5.15 Å². The molecule has 0 spiro atoms. The Morgan fingerprint density at radius 3 is 2.59 bits per heavy atom. The highest BCUT2D eigenvalue weighted by Gasteiger charge is 2.00. The molecule has 0 saturated heterocycles. The third-order valence-corrected chi connectivity index (χ3v) is 2.41. The Bertz CT molecular complexity index is 468. The van der Waals surface area contributed by atoms with Gasteiger partial charge in [0, 0.05) is 0 Å². The maximum absolute atomic E-state index is 5.84. The Hall–Kier alpha value is -1.45. The van der Waals surface area contributed by atoms with Crippen LogP contribution in [0.3, 0.4) is 0 Å². The Morgan fingerprint density at radius 1 is 1.12 bits per heavy atom. The van der Waals surface area contributed by atoms with E-state index in [0.717, 1.165) is 11.3 Å². The van der Waals surface area contributed by atoms with E-state index in [1.165, 1.54) is 0 Å². The highest BCUT2D eigenvalue weighted by molar-refractivity contribution is 6.29. The molecule has 2 rings (SSSR count). The monoisotopic (exact) mass is 248 g/mol. The summed E-state index contributed by atoms with van der Waals surface area (Å²) in [6, 6.07) is 11.7. The van der Waals surface area contributed by atoms with Crippen molar-refractivity contribution in [1.29, 1.82) is 0 Å². The van der Waals surface area contributed by atoms with E-state index in [2.05, 4.69) is 9.97 Å². The first kappa shape index (κ1) is 12.0. The highest BCUT2D eigenvalue weighted by Crippen LogP contribution is 2.09. The van der Waals surface area contributed by atoms with Crippen molar-refractivity contribution in [3.05, 3.63) is 58.6 Å². The molecule has 4 heteroatoms. The van der Waals surface area contributed by atoms with E-state index < -0.39 is 0 Å². The van der Waals surface area contributed by atoms with Crippen LogP contribution in [-0.2, 0) is 18.0 Å². The van der Waals surface area contributed by atoms with Gasteiger partial charge >= 0.3 is 0 Å². The predicted molar refractivity (Wildman–Crippen MR) is 66.7 cm³/mol. The summed E-state index contributed by atoms with van der Waals surface area (Å²) in [4.78, 5) is 8.24. The van der Waals surface area contributed by atoms with Crippen LogP contribution in [0.5, 0.6) is 0 Å². The normalized spacial score (nSPS) is 10.5. The molecule has 0 saturated carbocycles. The van der Waals surface area contributed by atoms with Crippen LogP contribution in [-0.4, -0.2) is 9.97 Å². The molecule has 17 heavy (non-hydrogen) atoms. The van der Waals surface area contributed by atoms with E-state index in [-0.39, 0.29) is 0 Å². The fourth-order valence-corrected chi connectivity index (χ4v) is 1.76. The summed E-state index contributed by atoms with van der Waals surface area (Å²) in [5, 5.41) is 0.454.